The third-order valence-corrected chi connectivity index (χ3v) is 2.88. The summed E-state index contributed by atoms with van der Waals surface area (Å²) in [7, 11) is 1.58. The summed E-state index contributed by atoms with van der Waals surface area (Å²) in [5.41, 5.74) is 0.621. The van der Waals surface area contributed by atoms with E-state index in [0.29, 0.717) is 17.9 Å². The molecule has 0 bridgehead atoms. The number of unbranched alkanes of at least 4 members (excludes halogenated alkanes) is 1. The van der Waals surface area contributed by atoms with Crippen LogP contribution in [0.15, 0.2) is 22.7 Å². The van der Waals surface area contributed by atoms with Crippen molar-refractivity contribution < 1.29 is 9.53 Å². The van der Waals surface area contributed by atoms with Gasteiger partial charge in [0.1, 0.15) is 5.75 Å². The SMILES string of the molecule is CCCCNC(=O)c1ccc(Br)c(OC)c1. The second-order valence-electron chi connectivity index (χ2n) is 3.46. The van der Waals surface area contributed by atoms with Gasteiger partial charge < -0.3 is 10.1 Å². The smallest absolute Gasteiger partial charge is 0.251 e. The Hall–Kier alpha value is -1.03. The summed E-state index contributed by atoms with van der Waals surface area (Å²) in [4.78, 5) is 11.7. The Morgan fingerprint density at radius 3 is 2.88 bits per heavy atom. The maximum absolute atomic E-state index is 11.7. The van der Waals surface area contributed by atoms with E-state index in [1.165, 1.54) is 0 Å². The number of halogens is 1. The fourth-order valence-electron chi connectivity index (χ4n) is 1.28. The Balaban J connectivity index is 2.68. The summed E-state index contributed by atoms with van der Waals surface area (Å²) < 4.78 is 5.98. The lowest BCUT2D eigenvalue weighted by atomic mass is 10.2. The van der Waals surface area contributed by atoms with Crippen LogP contribution in [0.4, 0.5) is 0 Å². The van der Waals surface area contributed by atoms with Gasteiger partial charge in [-0.2, -0.15) is 0 Å². The zero-order chi connectivity index (χ0) is 12.0. The second-order valence-corrected chi connectivity index (χ2v) is 4.31. The van der Waals surface area contributed by atoms with Gasteiger partial charge in [0.2, 0.25) is 0 Å². The van der Waals surface area contributed by atoms with E-state index in [2.05, 4.69) is 28.2 Å². The van der Waals surface area contributed by atoms with Crippen LogP contribution in [0.25, 0.3) is 0 Å². The predicted octanol–water partition coefficient (Wildman–Crippen LogP) is 2.99. The highest BCUT2D eigenvalue weighted by Crippen LogP contribution is 2.25. The molecule has 0 heterocycles. The van der Waals surface area contributed by atoms with Gasteiger partial charge in [-0.25, -0.2) is 0 Å². The van der Waals surface area contributed by atoms with Gasteiger partial charge >= 0.3 is 0 Å². The van der Waals surface area contributed by atoms with Crippen molar-refractivity contribution in [2.24, 2.45) is 0 Å². The summed E-state index contributed by atoms with van der Waals surface area (Å²) in [6, 6.07) is 5.31. The first kappa shape index (κ1) is 13.0. The number of amides is 1. The molecular weight excluding hydrogens is 270 g/mol. The molecule has 0 unspecified atom stereocenters. The molecule has 1 amide bonds. The molecule has 0 fully saturated rings. The van der Waals surface area contributed by atoms with Gasteiger partial charge in [-0.05, 0) is 40.5 Å². The van der Waals surface area contributed by atoms with E-state index in [1.807, 2.05) is 6.07 Å². The Morgan fingerprint density at radius 1 is 1.50 bits per heavy atom. The number of carbonyl (C=O) groups is 1. The average Bonchev–Trinajstić information content (AvgIpc) is 2.30. The number of nitrogens with one attached hydrogen (secondary N) is 1. The highest BCUT2D eigenvalue weighted by atomic mass is 79.9. The van der Waals surface area contributed by atoms with Crippen LogP contribution in [0.3, 0.4) is 0 Å². The Bertz CT molecular complexity index is 366. The molecule has 0 saturated heterocycles. The van der Waals surface area contributed by atoms with E-state index in [9.17, 15) is 4.79 Å². The summed E-state index contributed by atoms with van der Waals surface area (Å²) >= 11 is 3.35. The average molecular weight is 286 g/mol. The van der Waals surface area contributed by atoms with Gasteiger partial charge in [-0.1, -0.05) is 13.3 Å². The minimum atomic E-state index is -0.0562. The standard InChI is InChI=1S/C12H16BrNO2/c1-3-4-7-14-12(15)9-5-6-10(13)11(8-9)16-2/h5-6,8H,3-4,7H2,1-2H3,(H,14,15). The molecule has 4 heteroatoms. The Labute approximate surface area is 104 Å². The first-order chi connectivity index (χ1) is 7.69. The van der Waals surface area contributed by atoms with Crippen LogP contribution in [0.1, 0.15) is 30.1 Å². The molecule has 0 aromatic heterocycles. The van der Waals surface area contributed by atoms with Crippen LogP contribution in [-0.4, -0.2) is 19.6 Å². The second kappa shape index (κ2) is 6.53. The maximum Gasteiger partial charge on any atom is 0.251 e. The number of rotatable bonds is 5. The normalized spacial score (nSPS) is 9.94. The van der Waals surface area contributed by atoms with E-state index in [0.717, 1.165) is 17.3 Å². The van der Waals surface area contributed by atoms with Crippen LogP contribution in [-0.2, 0) is 0 Å². The molecule has 16 heavy (non-hydrogen) atoms. The number of ether oxygens (including phenoxy) is 1. The molecule has 0 aliphatic rings. The molecule has 0 aliphatic carbocycles. The molecule has 0 spiro atoms. The van der Waals surface area contributed by atoms with Gasteiger partial charge in [0, 0.05) is 12.1 Å². The van der Waals surface area contributed by atoms with Gasteiger partial charge in [-0.3, -0.25) is 4.79 Å². The van der Waals surface area contributed by atoms with Crippen molar-refractivity contribution in [3.05, 3.63) is 28.2 Å². The van der Waals surface area contributed by atoms with Crippen molar-refractivity contribution in [1.82, 2.24) is 5.32 Å². The molecule has 0 aliphatic heterocycles. The van der Waals surface area contributed by atoms with Crippen molar-refractivity contribution in [2.75, 3.05) is 13.7 Å². The monoisotopic (exact) mass is 285 g/mol. The van der Waals surface area contributed by atoms with Crippen LogP contribution in [0, 0.1) is 0 Å². The fourth-order valence-corrected chi connectivity index (χ4v) is 1.69. The minimum absolute atomic E-state index is 0.0562. The van der Waals surface area contributed by atoms with Crippen LogP contribution >= 0.6 is 15.9 Å². The molecule has 1 N–H and O–H groups in total. The van der Waals surface area contributed by atoms with Gasteiger partial charge in [0.25, 0.3) is 5.91 Å². The largest absolute Gasteiger partial charge is 0.496 e. The van der Waals surface area contributed by atoms with E-state index < -0.39 is 0 Å². The molecule has 0 saturated carbocycles. The maximum atomic E-state index is 11.7. The molecular formula is C12H16BrNO2. The zero-order valence-corrected chi connectivity index (χ0v) is 11.1. The minimum Gasteiger partial charge on any atom is -0.496 e. The lowest BCUT2D eigenvalue weighted by molar-refractivity contribution is 0.0953. The molecule has 1 rings (SSSR count). The van der Waals surface area contributed by atoms with E-state index in [-0.39, 0.29) is 5.91 Å². The third-order valence-electron chi connectivity index (χ3n) is 2.23. The quantitative estimate of drug-likeness (QED) is 0.845. The van der Waals surface area contributed by atoms with E-state index in [1.54, 1.807) is 19.2 Å². The lowest BCUT2D eigenvalue weighted by Gasteiger charge is -2.07. The number of benzene rings is 1. The lowest BCUT2D eigenvalue weighted by Crippen LogP contribution is -2.24. The molecule has 3 nitrogen and oxygen atoms in total. The molecule has 0 radical (unpaired) electrons. The topological polar surface area (TPSA) is 38.3 Å². The van der Waals surface area contributed by atoms with E-state index >= 15 is 0 Å². The first-order valence-electron chi connectivity index (χ1n) is 5.30. The number of hydrogen-bond acceptors (Lipinski definition) is 2. The first-order valence-corrected chi connectivity index (χ1v) is 6.10. The fraction of sp³-hybridized carbons (Fsp3) is 0.417. The predicted molar refractivity (Wildman–Crippen MR) is 67.9 cm³/mol. The van der Waals surface area contributed by atoms with E-state index in [4.69, 9.17) is 4.74 Å². The highest BCUT2D eigenvalue weighted by Gasteiger charge is 2.08. The number of methoxy groups -OCH3 is 1. The highest BCUT2D eigenvalue weighted by molar-refractivity contribution is 9.10. The molecule has 1 aromatic rings. The summed E-state index contributed by atoms with van der Waals surface area (Å²) in [5, 5.41) is 2.86. The summed E-state index contributed by atoms with van der Waals surface area (Å²) in [6.07, 6.45) is 2.07. The van der Waals surface area contributed by atoms with Crippen molar-refractivity contribution in [2.45, 2.75) is 19.8 Å². The number of carbonyl (C=O) groups excluding carboxylic acids is 1. The van der Waals surface area contributed by atoms with Crippen molar-refractivity contribution in [3.8, 4) is 5.75 Å². The Kier molecular flexibility index (Phi) is 5.32. The molecule has 88 valence electrons. The molecule has 0 atom stereocenters. The van der Waals surface area contributed by atoms with Gasteiger partial charge in [0.15, 0.2) is 0 Å². The van der Waals surface area contributed by atoms with Crippen LogP contribution < -0.4 is 10.1 Å². The van der Waals surface area contributed by atoms with Crippen LogP contribution in [0.5, 0.6) is 5.75 Å². The Morgan fingerprint density at radius 2 is 2.25 bits per heavy atom. The van der Waals surface area contributed by atoms with Crippen LogP contribution in [0.2, 0.25) is 0 Å². The summed E-state index contributed by atoms with van der Waals surface area (Å²) in [5.74, 6) is 0.613. The van der Waals surface area contributed by atoms with Crippen molar-refractivity contribution in [1.29, 1.82) is 0 Å². The third kappa shape index (κ3) is 3.52. The van der Waals surface area contributed by atoms with Gasteiger partial charge in [0.05, 0.1) is 11.6 Å². The van der Waals surface area contributed by atoms with Gasteiger partial charge in [-0.15, -0.1) is 0 Å². The number of hydrogen-bond donors (Lipinski definition) is 1. The summed E-state index contributed by atoms with van der Waals surface area (Å²) in [6.45, 7) is 2.81. The van der Waals surface area contributed by atoms with Crippen molar-refractivity contribution >= 4 is 21.8 Å². The van der Waals surface area contributed by atoms with Crippen molar-refractivity contribution in [3.63, 3.8) is 0 Å². The molecule has 1 aromatic carbocycles. The zero-order valence-electron chi connectivity index (χ0n) is 9.55.